The summed E-state index contributed by atoms with van der Waals surface area (Å²) in [6.07, 6.45) is 2.68. The highest BCUT2D eigenvalue weighted by molar-refractivity contribution is 6.05. The summed E-state index contributed by atoms with van der Waals surface area (Å²) in [6, 6.07) is 7.15. The number of methoxy groups -OCH3 is 1. The third-order valence-electron chi connectivity index (χ3n) is 4.35. The third-order valence-corrected chi connectivity index (χ3v) is 4.35. The Kier molecular flexibility index (Phi) is 5.21. The predicted molar refractivity (Wildman–Crippen MR) is 103 cm³/mol. The van der Waals surface area contributed by atoms with E-state index in [4.69, 9.17) is 4.74 Å². The second-order valence-electron chi connectivity index (χ2n) is 7.73. The van der Waals surface area contributed by atoms with Crippen LogP contribution in [0.3, 0.4) is 0 Å². The van der Waals surface area contributed by atoms with E-state index in [0.717, 1.165) is 25.0 Å². The Hall–Kier alpha value is -2.83. The molecule has 2 N–H and O–H groups in total. The van der Waals surface area contributed by atoms with E-state index >= 15 is 0 Å². The van der Waals surface area contributed by atoms with Gasteiger partial charge in [-0.3, -0.25) is 9.59 Å². The van der Waals surface area contributed by atoms with Crippen molar-refractivity contribution in [1.82, 2.24) is 14.9 Å². The minimum atomic E-state index is -0.374. The number of ether oxygens (including phenoxy) is 1. The first kappa shape index (κ1) is 18.9. The second kappa shape index (κ2) is 7.42. The molecule has 0 unspecified atom stereocenters. The van der Waals surface area contributed by atoms with Crippen LogP contribution in [0.1, 0.15) is 60.4 Å². The number of imidazole rings is 1. The third kappa shape index (κ3) is 4.30. The summed E-state index contributed by atoms with van der Waals surface area (Å²) in [4.78, 5) is 29.9. The van der Waals surface area contributed by atoms with Crippen molar-refractivity contribution < 1.29 is 14.3 Å². The molecular weight excluding hydrogens is 344 g/mol. The monoisotopic (exact) mass is 370 g/mol. The lowest BCUT2D eigenvalue weighted by atomic mass is 10.1. The van der Waals surface area contributed by atoms with Crippen molar-refractivity contribution >= 4 is 17.5 Å². The summed E-state index contributed by atoms with van der Waals surface area (Å²) < 4.78 is 7.07. The number of anilines is 1. The number of nitrogens with one attached hydrogen (secondary N) is 2. The summed E-state index contributed by atoms with van der Waals surface area (Å²) in [6.45, 7) is 6.45. The lowest BCUT2D eigenvalue weighted by molar-refractivity contribution is 0.0903. The number of aromatic nitrogens is 2. The fraction of sp³-hybridized carbons (Fsp3) is 0.450. The number of rotatable bonds is 4. The van der Waals surface area contributed by atoms with Gasteiger partial charge < -0.3 is 19.9 Å². The van der Waals surface area contributed by atoms with Gasteiger partial charge in [0.1, 0.15) is 5.75 Å². The van der Waals surface area contributed by atoms with Crippen molar-refractivity contribution in [1.29, 1.82) is 0 Å². The van der Waals surface area contributed by atoms with Crippen molar-refractivity contribution in [2.75, 3.05) is 12.4 Å². The number of hydrogen-bond acceptors (Lipinski definition) is 4. The first-order chi connectivity index (χ1) is 12.8. The van der Waals surface area contributed by atoms with Crippen LogP contribution >= 0.6 is 0 Å². The molecule has 144 valence electrons. The Morgan fingerprint density at radius 3 is 2.67 bits per heavy atom. The van der Waals surface area contributed by atoms with E-state index in [2.05, 4.69) is 15.6 Å². The van der Waals surface area contributed by atoms with Crippen molar-refractivity contribution in [3.05, 3.63) is 41.5 Å². The molecule has 1 aliphatic rings. The molecule has 27 heavy (non-hydrogen) atoms. The van der Waals surface area contributed by atoms with Crippen molar-refractivity contribution in [2.45, 2.75) is 52.1 Å². The molecule has 0 fully saturated rings. The van der Waals surface area contributed by atoms with Gasteiger partial charge in [-0.15, -0.1) is 0 Å². The zero-order valence-electron chi connectivity index (χ0n) is 16.3. The molecular formula is C20H26N4O3. The summed E-state index contributed by atoms with van der Waals surface area (Å²) >= 11 is 0. The first-order valence-corrected chi connectivity index (χ1v) is 9.16. The lowest BCUT2D eigenvalue weighted by Crippen LogP contribution is -2.42. The van der Waals surface area contributed by atoms with Gasteiger partial charge in [0.15, 0.2) is 11.5 Å². The van der Waals surface area contributed by atoms with Gasteiger partial charge in [-0.2, -0.15) is 0 Å². The number of carbonyl (C=O) groups is 2. The summed E-state index contributed by atoms with van der Waals surface area (Å²) in [7, 11) is 1.58. The van der Waals surface area contributed by atoms with E-state index in [-0.39, 0.29) is 17.4 Å². The van der Waals surface area contributed by atoms with Crippen LogP contribution in [0.2, 0.25) is 0 Å². The maximum atomic E-state index is 12.8. The van der Waals surface area contributed by atoms with Crippen LogP contribution in [0.25, 0.3) is 0 Å². The molecule has 2 heterocycles. The highest BCUT2D eigenvalue weighted by atomic mass is 16.5. The summed E-state index contributed by atoms with van der Waals surface area (Å²) in [5.41, 5.74) is 1.39. The topological polar surface area (TPSA) is 85.2 Å². The van der Waals surface area contributed by atoms with Crippen LogP contribution in [0.4, 0.5) is 5.69 Å². The average Bonchev–Trinajstić information content (AvgIpc) is 3.00. The maximum absolute atomic E-state index is 12.8. The first-order valence-electron chi connectivity index (χ1n) is 9.16. The number of hydrogen-bond donors (Lipinski definition) is 2. The fourth-order valence-corrected chi connectivity index (χ4v) is 3.19. The number of benzene rings is 1. The predicted octanol–water partition coefficient (Wildman–Crippen LogP) is 3.01. The van der Waals surface area contributed by atoms with E-state index in [9.17, 15) is 9.59 Å². The SMILES string of the molecule is COc1cccc(NC(=O)c2nc(C(=O)NC(C)(C)C)n3c2CCCC3)c1. The van der Waals surface area contributed by atoms with E-state index in [1.54, 1.807) is 25.3 Å². The van der Waals surface area contributed by atoms with Gasteiger partial charge in [-0.05, 0) is 52.2 Å². The summed E-state index contributed by atoms with van der Waals surface area (Å²) in [5, 5.41) is 5.79. The number of fused-ring (bicyclic) bond motifs is 1. The van der Waals surface area contributed by atoms with E-state index < -0.39 is 0 Å². The second-order valence-corrected chi connectivity index (χ2v) is 7.73. The molecule has 0 spiro atoms. The van der Waals surface area contributed by atoms with Crippen molar-refractivity contribution in [3.8, 4) is 5.75 Å². The minimum absolute atomic E-state index is 0.258. The van der Waals surface area contributed by atoms with Gasteiger partial charge in [0.05, 0.1) is 12.8 Å². The van der Waals surface area contributed by atoms with Gasteiger partial charge in [-0.25, -0.2) is 4.98 Å². The van der Waals surface area contributed by atoms with E-state index in [1.807, 2.05) is 31.4 Å². The molecule has 0 saturated carbocycles. The Labute approximate surface area is 159 Å². The highest BCUT2D eigenvalue weighted by Gasteiger charge is 2.29. The van der Waals surface area contributed by atoms with Crippen molar-refractivity contribution in [2.24, 2.45) is 0 Å². The number of amides is 2. The normalized spacial score (nSPS) is 13.6. The van der Waals surface area contributed by atoms with Crippen LogP contribution in [0, 0.1) is 0 Å². The zero-order valence-corrected chi connectivity index (χ0v) is 16.3. The maximum Gasteiger partial charge on any atom is 0.287 e. The Morgan fingerprint density at radius 2 is 1.96 bits per heavy atom. The van der Waals surface area contributed by atoms with Crippen LogP contribution in [-0.2, 0) is 13.0 Å². The van der Waals surface area contributed by atoms with Gasteiger partial charge >= 0.3 is 0 Å². The van der Waals surface area contributed by atoms with E-state index in [1.165, 1.54) is 0 Å². The van der Waals surface area contributed by atoms with Crippen molar-refractivity contribution in [3.63, 3.8) is 0 Å². The van der Waals surface area contributed by atoms with E-state index in [0.29, 0.717) is 29.5 Å². The molecule has 3 rings (SSSR count). The zero-order chi connectivity index (χ0) is 19.6. The minimum Gasteiger partial charge on any atom is -0.497 e. The Balaban J connectivity index is 1.90. The molecule has 0 bridgehead atoms. The molecule has 1 aromatic heterocycles. The van der Waals surface area contributed by atoms with Gasteiger partial charge in [-0.1, -0.05) is 6.07 Å². The molecule has 2 amide bonds. The molecule has 1 aliphatic heterocycles. The van der Waals surface area contributed by atoms with Crippen LogP contribution in [0.15, 0.2) is 24.3 Å². The Bertz CT molecular complexity index is 865. The number of nitrogens with zero attached hydrogens (tertiary/aromatic N) is 2. The smallest absolute Gasteiger partial charge is 0.287 e. The Morgan fingerprint density at radius 1 is 1.19 bits per heavy atom. The van der Waals surface area contributed by atoms with Crippen LogP contribution in [-0.4, -0.2) is 34.0 Å². The quantitative estimate of drug-likeness (QED) is 0.866. The fourth-order valence-electron chi connectivity index (χ4n) is 3.19. The van der Waals surface area contributed by atoms with Gasteiger partial charge in [0, 0.05) is 23.8 Å². The van der Waals surface area contributed by atoms with Gasteiger partial charge in [0.25, 0.3) is 11.8 Å². The number of carbonyl (C=O) groups excluding carboxylic acids is 2. The molecule has 2 aromatic rings. The van der Waals surface area contributed by atoms with Crippen LogP contribution in [0.5, 0.6) is 5.75 Å². The highest BCUT2D eigenvalue weighted by Crippen LogP contribution is 2.23. The standard InChI is InChI=1S/C20H26N4O3/c1-20(2,3)23-19(26)17-22-16(15-10-5-6-11-24(15)17)18(25)21-13-8-7-9-14(12-13)27-4/h7-9,12H,5-6,10-11H2,1-4H3,(H,21,25)(H,23,26). The largest absolute Gasteiger partial charge is 0.497 e. The molecule has 7 heteroatoms. The molecule has 0 saturated heterocycles. The summed E-state index contributed by atoms with van der Waals surface area (Å²) in [5.74, 6) is 0.384. The molecule has 0 atom stereocenters. The average molecular weight is 370 g/mol. The molecule has 0 radical (unpaired) electrons. The lowest BCUT2D eigenvalue weighted by Gasteiger charge is -2.22. The molecule has 0 aliphatic carbocycles. The molecule has 7 nitrogen and oxygen atoms in total. The van der Waals surface area contributed by atoms with Gasteiger partial charge in [0.2, 0.25) is 0 Å². The molecule has 1 aromatic carbocycles. The van der Waals surface area contributed by atoms with Crippen LogP contribution < -0.4 is 15.4 Å².